The van der Waals surface area contributed by atoms with E-state index in [4.69, 9.17) is 0 Å². The first-order chi connectivity index (χ1) is 12.9. The quantitative estimate of drug-likeness (QED) is 0.490. The van der Waals surface area contributed by atoms with Gasteiger partial charge in [-0.3, -0.25) is 24.2 Å². The summed E-state index contributed by atoms with van der Waals surface area (Å²) in [5.41, 5.74) is -0.0885. The number of benzene rings is 1. The highest BCUT2D eigenvalue weighted by Gasteiger charge is 2.55. The molecule has 1 N–H and O–H groups in total. The van der Waals surface area contributed by atoms with E-state index in [0.29, 0.717) is 12.0 Å². The lowest BCUT2D eigenvalue weighted by Crippen LogP contribution is -2.68. The number of aliphatic hydroxyl groups excluding tert-OH is 1. The van der Waals surface area contributed by atoms with E-state index in [1.807, 2.05) is 12.1 Å². The average molecular weight is 370 g/mol. The summed E-state index contributed by atoms with van der Waals surface area (Å²) >= 11 is 0. The molecule has 2 aliphatic rings. The van der Waals surface area contributed by atoms with Crippen molar-refractivity contribution in [1.29, 1.82) is 0 Å². The van der Waals surface area contributed by atoms with Gasteiger partial charge in [-0.05, 0) is 45.1 Å². The topological polar surface area (TPSA) is 77.9 Å². The van der Waals surface area contributed by atoms with E-state index in [-0.39, 0.29) is 24.8 Å². The van der Waals surface area contributed by atoms with Gasteiger partial charge in [0.15, 0.2) is 5.78 Å². The van der Waals surface area contributed by atoms with Crippen molar-refractivity contribution < 1.29 is 19.5 Å². The highest BCUT2D eigenvalue weighted by molar-refractivity contribution is 6.11. The fraction of sp³-hybridized carbons (Fsp3) is 0.476. The molecule has 2 atom stereocenters. The highest BCUT2D eigenvalue weighted by Crippen LogP contribution is 2.41. The maximum Gasteiger partial charge on any atom is 0.246 e. The zero-order valence-electron chi connectivity index (χ0n) is 15.9. The molecule has 144 valence electrons. The van der Waals surface area contributed by atoms with Crippen molar-refractivity contribution in [3.8, 4) is 0 Å². The third-order valence-electron chi connectivity index (χ3n) is 5.62. The number of rotatable bonds is 5. The second-order valence-electron chi connectivity index (χ2n) is 7.26. The van der Waals surface area contributed by atoms with Gasteiger partial charge in [-0.1, -0.05) is 36.4 Å². The van der Waals surface area contributed by atoms with Crippen molar-refractivity contribution in [2.24, 2.45) is 5.41 Å². The molecule has 1 saturated heterocycles. The minimum Gasteiger partial charge on any atom is -0.356 e. The van der Waals surface area contributed by atoms with Crippen LogP contribution in [0.5, 0.6) is 0 Å². The van der Waals surface area contributed by atoms with Crippen molar-refractivity contribution in [2.45, 2.75) is 45.9 Å². The Balaban J connectivity index is 1.95. The number of allylic oxidation sites excluding steroid dienone is 1. The third-order valence-corrected chi connectivity index (χ3v) is 5.62. The van der Waals surface area contributed by atoms with Crippen molar-refractivity contribution in [3.05, 3.63) is 47.5 Å². The lowest BCUT2D eigenvalue weighted by atomic mass is 9.73. The van der Waals surface area contributed by atoms with E-state index < -0.39 is 17.7 Å². The summed E-state index contributed by atoms with van der Waals surface area (Å²) < 4.78 is 0. The molecule has 6 heteroatoms. The van der Waals surface area contributed by atoms with Crippen LogP contribution in [0.15, 0.2) is 42.0 Å². The van der Waals surface area contributed by atoms with E-state index in [1.54, 1.807) is 38.1 Å². The molecule has 1 aliphatic carbocycles. The van der Waals surface area contributed by atoms with E-state index in [2.05, 4.69) is 0 Å². The first-order valence-corrected chi connectivity index (χ1v) is 9.49. The zero-order chi connectivity index (χ0) is 19.6. The van der Waals surface area contributed by atoms with E-state index in [0.717, 1.165) is 29.7 Å². The number of nitrogens with zero attached hydrogens (tertiary/aromatic N) is 2. The predicted octanol–water partition coefficient (Wildman–Crippen LogP) is 2.34. The standard InChI is InChI=1S/C21H26N2O4/c1-3-22-18(25)21(2,16-12-8-5-9-13-16)19(26)23(20(22)27)14-17(24)15-10-6-4-7-11-15/h4,6-7,10-12,20,27H,3,5,8-9,13-14H2,1-2H3. The Morgan fingerprint density at radius 3 is 2.41 bits per heavy atom. The summed E-state index contributed by atoms with van der Waals surface area (Å²) in [7, 11) is 0. The molecule has 0 bridgehead atoms. The Labute approximate surface area is 159 Å². The number of carbonyl (C=O) groups is 3. The Hall–Kier alpha value is -2.47. The first-order valence-electron chi connectivity index (χ1n) is 9.49. The number of hydrogen-bond donors (Lipinski definition) is 1. The SMILES string of the molecule is CCN1C(=O)C(C)(C2=CCCCC2)C(=O)N(CC(=O)c2ccccc2)C1O. The van der Waals surface area contributed by atoms with Gasteiger partial charge in [0.2, 0.25) is 18.2 Å². The maximum atomic E-state index is 13.3. The van der Waals surface area contributed by atoms with Gasteiger partial charge in [0.1, 0.15) is 5.41 Å². The van der Waals surface area contributed by atoms with Gasteiger partial charge in [0.05, 0.1) is 6.54 Å². The van der Waals surface area contributed by atoms with Crippen LogP contribution in [0.4, 0.5) is 0 Å². The van der Waals surface area contributed by atoms with Gasteiger partial charge < -0.3 is 5.11 Å². The minimum atomic E-state index is -1.43. The Morgan fingerprint density at radius 2 is 1.81 bits per heavy atom. The summed E-state index contributed by atoms with van der Waals surface area (Å²) in [6, 6.07) is 8.66. The van der Waals surface area contributed by atoms with Crippen LogP contribution in [0.2, 0.25) is 0 Å². The zero-order valence-corrected chi connectivity index (χ0v) is 15.9. The van der Waals surface area contributed by atoms with Crippen LogP contribution in [0.1, 0.15) is 49.9 Å². The van der Waals surface area contributed by atoms with Gasteiger partial charge in [-0.25, -0.2) is 0 Å². The third kappa shape index (κ3) is 3.30. The number of hydrogen-bond acceptors (Lipinski definition) is 4. The van der Waals surface area contributed by atoms with Crippen LogP contribution in [0.25, 0.3) is 0 Å². The molecule has 0 radical (unpaired) electrons. The van der Waals surface area contributed by atoms with Crippen LogP contribution >= 0.6 is 0 Å². The number of aliphatic hydroxyl groups is 1. The molecule has 0 saturated carbocycles. The molecule has 1 aromatic carbocycles. The van der Waals surface area contributed by atoms with Gasteiger partial charge in [0.25, 0.3) is 0 Å². The number of ketones is 1. The van der Waals surface area contributed by atoms with Gasteiger partial charge >= 0.3 is 0 Å². The van der Waals surface area contributed by atoms with Crippen molar-refractivity contribution in [3.63, 3.8) is 0 Å². The molecule has 2 unspecified atom stereocenters. The predicted molar refractivity (Wildman–Crippen MR) is 101 cm³/mol. The van der Waals surface area contributed by atoms with Crippen molar-refractivity contribution in [2.75, 3.05) is 13.1 Å². The smallest absolute Gasteiger partial charge is 0.246 e. The largest absolute Gasteiger partial charge is 0.356 e. The molecule has 27 heavy (non-hydrogen) atoms. The Morgan fingerprint density at radius 1 is 1.15 bits per heavy atom. The molecule has 0 aromatic heterocycles. The first kappa shape index (κ1) is 19.3. The van der Waals surface area contributed by atoms with Gasteiger partial charge in [0, 0.05) is 12.1 Å². The van der Waals surface area contributed by atoms with Gasteiger partial charge in [-0.2, -0.15) is 0 Å². The molecule has 2 amide bonds. The number of carbonyl (C=O) groups excluding carboxylic acids is 3. The van der Waals surface area contributed by atoms with Crippen LogP contribution in [-0.2, 0) is 9.59 Å². The summed E-state index contributed by atoms with van der Waals surface area (Å²) in [6.07, 6.45) is 4.03. The summed E-state index contributed by atoms with van der Waals surface area (Å²) in [5, 5.41) is 10.6. The molecule has 1 aromatic rings. The molecule has 1 heterocycles. The Kier molecular flexibility index (Phi) is 5.46. The van der Waals surface area contributed by atoms with E-state index in [1.165, 1.54) is 4.90 Å². The lowest BCUT2D eigenvalue weighted by Gasteiger charge is -2.48. The number of Topliss-reactive ketones (excluding diaryl/α,β-unsaturated/α-hetero) is 1. The lowest BCUT2D eigenvalue weighted by molar-refractivity contribution is -0.193. The molecule has 1 fully saturated rings. The molecule has 1 aliphatic heterocycles. The maximum absolute atomic E-state index is 13.3. The molecular formula is C21H26N2O4. The Bertz CT molecular complexity index is 774. The minimum absolute atomic E-state index is 0.256. The van der Waals surface area contributed by atoms with Crippen LogP contribution in [0, 0.1) is 5.41 Å². The summed E-state index contributed by atoms with van der Waals surface area (Å²) in [4.78, 5) is 41.5. The summed E-state index contributed by atoms with van der Waals surface area (Å²) in [6.45, 7) is 3.37. The van der Waals surface area contributed by atoms with Crippen molar-refractivity contribution >= 4 is 17.6 Å². The molecule has 6 nitrogen and oxygen atoms in total. The van der Waals surface area contributed by atoms with Crippen LogP contribution in [-0.4, -0.2) is 51.9 Å². The van der Waals surface area contributed by atoms with Crippen LogP contribution < -0.4 is 0 Å². The fourth-order valence-electron chi connectivity index (χ4n) is 3.94. The monoisotopic (exact) mass is 370 g/mol. The highest BCUT2D eigenvalue weighted by atomic mass is 16.3. The average Bonchev–Trinajstić information content (AvgIpc) is 2.71. The second kappa shape index (κ2) is 7.64. The molecule has 3 rings (SSSR count). The second-order valence-corrected chi connectivity index (χ2v) is 7.26. The van der Waals surface area contributed by atoms with Crippen molar-refractivity contribution in [1.82, 2.24) is 9.80 Å². The fourth-order valence-corrected chi connectivity index (χ4v) is 3.94. The summed E-state index contributed by atoms with van der Waals surface area (Å²) in [5.74, 6) is -1.16. The number of amides is 2. The normalized spacial score (nSPS) is 26.2. The van der Waals surface area contributed by atoms with Crippen LogP contribution in [0.3, 0.4) is 0 Å². The molecule has 0 spiro atoms. The molecular weight excluding hydrogens is 344 g/mol. The van der Waals surface area contributed by atoms with E-state index >= 15 is 0 Å². The van der Waals surface area contributed by atoms with E-state index in [9.17, 15) is 19.5 Å². The van der Waals surface area contributed by atoms with Gasteiger partial charge in [-0.15, -0.1) is 0 Å².